The smallest absolute Gasteiger partial charge is 0.220 e. The van der Waals surface area contributed by atoms with Crippen LogP contribution in [0.5, 0.6) is 0 Å². The summed E-state index contributed by atoms with van der Waals surface area (Å²) in [5.74, 6) is 0.195. The highest BCUT2D eigenvalue weighted by Crippen LogP contribution is 1.98. The highest BCUT2D eigenvalue weighted by Gasteiger charge is 2.04. The van der Waals surface area contributed by atoms with Crippen molar-refractivity contribution in [1.29, 1.82) is 0 Å². The lowest BCUT2D eigenvalue weighted by Gasteiger charge is -2.03. The number of rotatable bonds is 8. The first kappa shape index (κ1) is 13.1. The summed E-state index contributed by atoms with van der Waals surface area (Å²) in [4.78, 5) is 22.3. The fourth-order valence-electron chi connectivity index (χ4n) is 1.15. The van der Waals surface area contributed by atoms with Crippen LogP contribution in [0, 0.1) is 0 Å². The highest BCUT2D eigenvalue weighted by molar-refractivity contribution is 5.84. The molecule has 0 spiro atoms. The Balaban J connectivity index is 3.39. The summed E-state index contributed by atoms with van der Waals surface area (Å²) < 4.78 is 0. The van der Waals surface area contributed by atoms with Gasteiger partial charge in [-0.25, -0.2) is 0 Å². The van der Waals surface area contributed by atoms with Gasteiger partial charge in [0, 0.05) is 25.8 Å². The third-order valence-electron chi connectivity index (χ3n) is 2.01. The average Bonchev–Trinajstić information content (AvgIpc) is 2.16. The molecule has 0 fully saturated rings. The SMILES string of the molecule is CCCCNC(=O)CCC(=O)CCC. The van der Waals surface area contributed by atoms with E-state index in [0.717, 1.165) is 25.8 Å². The van der Waals surface area contributed by atoms with Crippen LogP contribution in [0.15, 0.2) is 0 Å². The van der Waals surface area contributed by atoms with Crippen LogP contribution in [0.2, 0.25) is 0 Å². The van der Waals surface area contributed by atoms with Gasteiger partial charge < -0.3 is 5.32 Å². The van der Waals surface area contributed by atoms with Gasteiger partial charge in [0.2, 0.25) is 5.91 Å². The van der Waals surface area contributed by atoms with Gasteiger partial charge in [-0.15, -0.1) is 0 Å². The fourth-order valence-corrected chi connectivity index (χ4v) is 1.15. The summed E-state index contributed by atoms with van der Waals surface area (Å²) in [6.07, 6.45) is 4.30. The van der Waals surface area contributed by atoms with Gasteiger partial charge in [0.15, 0.2) is 0 Å². The number of carbonyl (C=O) groups is 2. The van der Waals surface area contributed by atoms with E-state index in [-0.39, 0.29) is 11.7 Å². The molecule has 0 atom stereocenters. The van der Waals surface area contributed by atoms with E-state index in [1.165, 1.54) is 0 Å². The Morgan fingerprint density at radius 3 is 2.29 bits per heavy atom. The van der Waals surface area contributed by atoms with Crippen LogP contribution in [-0.4, -0.2) is 18.2 Å². The predicted molar refractivity (Wildman–Crippen MR) is 57.1 cm³/mol. The number of carbonyl (C=O) groups excluding carboxylic acids is 2. The molecule has 1 amide bonds. The Bertz CT molecular complexity index is 178. The Kier molecular flexibility index (Phi) is 8.19. The number of Topliss-reactive ketones (excluding diaryl/α,β-unsaturated/α-hetero) is 1. The van der Waals surface area contributed by atoms with Crippen LogP contribution in [0.1, 0.15) is 52.4 Å². The maximum Gasteiger partial charge on any atom is 0.220 e. The first-order chi connectivity index (χ1) is 6.70. The van der Waals surface area contributed by atoms with E-state index in [1.807, 2.05) is 6.92 Å². The van der Waals surface area contributed by atoms with E-state index < -0.39 is 0 Å². The molecule has 0 aromatic carbocycles. The third kappa shape index (κ3) is 7.77. The summed E-state index contributed by atoms with van der Waals surface area (Å²) in [7, 11) is 0. The molecule has 0 rings (SSSR count). The van der Waals surface area contributed by atoms with E-state index >= 15 is 0 Å². The normalized spacial score (nSPS) is 9.86. The fraction of sp³-hybridized carbons (Fsp3) is 0.818. The van der Waals surface area contributed by atoms with Gasteiger partial charge in [0.25, 0.3) is 0 Å². The second-order valence-electron chi connectivity index (χ2n) is 3.49. The summed E-state index contributed by atoms with van der Waals surface area (Å²) in [5.41, 5.74) is 0. The lowest BCUT2D eigenvalue weighted by atomic mass is 10.1. The van der Waals surface area contributed by atoms with E-state index in [1.54, 1.807) is 0 Å². The molecule has 3 nitrogen and oxygen atoms in total. The van der Waals surface area contributed by atoms with Crippen molar-refractivity contribution in [3.63, 3.8) is 0 Å². The molecule has 0 aliphatic carbocycles. The van der Waals surface area contributed by atoms with Crippen molar-refractivity contribution in [2.45, 2.75) is 52.4 Å². The first-order valence-electron chi connectivity index (χ1n) is 5.49. The van der Waals surface area contributed by atoms with Gasteiger partial charge in [-0.2, -0.15) is 0 Å². The van der Waals surface area contributed by atoms with Gasteiger partial charge in [0.05, 0.1) is 0 Å². The number of hydrogen-bond donors (Lipinski definition) is 1. The van der Waals surface area contributed by atoms with Crippen molar-refractivity contribution in [3.8, 4) is 0 Å². The molecule has 0 radical (unpaired) electrons. The van der Waals surface area contributed by atoms with E-state index in [0.29, 0.717) is 19.3 Å². The molecule has 0 saturated carbocycles. The zero-order chi connectivity index (χ0) is 10.8. The topological polar surface area (TPSA) is 46.2 Å². The maximum absolute atomic E-state index is 11.2. The largest absolute Gasteiger partial charge is 0.356 e. The third-order valence-corrected chi connectivity index (χ3v) is 2.01. The molecule has 0 unspecified atom stereocenters. The standard InChI is InChI=1S/C11H21NO2/c1-3-5-9-12-11(14)8-7-10(13)6-4-2/h3-9H2,1-2H3,(H,12,14). The van der Waals surface area contributed by atoms with E-state index in [9.17, 15) is 9.59 Å². The van der Waals surface area contributed by atoms with Gasteiger partial charge in [-0.05, 0) is 12.8 Å². The number of ketones is 1. The van der Waals surface area contributed by atoms with Crippen molar-refractivity contribution in [3.05, 3.63) is 0 Å². The van der Waals surface area contributed by atoms with Gasteiger partial charge in [-0.1, -0.05) is 20.3 Å². The zero-order valence-electron chi connectivity index (χ0n) is 9.27. The van der Waals surface area contributed by atoms with Crippen LogP contribution in [-0.2, 0) is 9.59 Å². The summed E-state index contributed by atoms with van der Waals surface area (Å²) >= 11 is 0. The predicted octanol–water partition coefficient (Wildman–Crippen LogP) is 2.05. The van der Waals surface area contributed by atoms with Crippen LogP contribution < -0.4 is 5.32 Å². The lowest BCUT2D eigenvalue weighted by molar-refractivity contribution is -0.125. The molecule has 0 heterocycles. The van der Waals surface area contributed by atoms with Crippen molar-refractivity contribution in [1.82, 2.24) is 5.32 Å². The van der Waals surface area contributed by atoms with Crippen LogP contribution in [0.25, 0.3) is 0 Å². The second kappa shape index (κ2) is 8.73. The van der Waals surface area contributed by atoms with Crippen LogP contribution in [0.3, 0.4) is 0 Å². The molecule has 1 N–H and O–H groups in total. The Hall–Kier alpha value is -0.860. The monoisotopic (exact) mass is 199 g/mol. The van der Waals surface area contributed by atoms with E-state index in [2.05, 4.69) is 12.2 Å². The number of nitrogens with one attached hydrogen (secondary N) is 1. The molecular formula is C11H21NO2. The van der Waals surface area contributed by atoms with Crippen molar-refractivity contribution >= 4 is 11.7 Å². The average molecular weight is 199 g/mol. The molecule has 0 bridgehead atoms. The number of unbranched alkanes of at least 4 members (excludes halogenated alkanes) is 1. The Labute approximate surface area is 86.3 Å². The quantitative estimate of drug-likeness (QED) is 0.608. The number of hydrogen-bond acceptors (Lipinski definition) is 2. The molecule has 14 heavy (non-hydrogen) atoms. The van der Waals surface area contributed by atoms with Gasteiger partial charge >= 0.3 is 0 Å². The first-order valence-corrected chi connectivity index (χ1v) is 5.49. The summed E-state index contributed by atoms with van der Waals surface area (Å²) in [6.45, 7) is 4.79. The minimum Gasteiger partial charge on any atom is -0.356 e. The highest BCUT2D eigenvalue weighted by atomic mass is 16.2. The van der Waals surface area contributed by atoms with Crippen molar-refractivity contribution in [2.75, 3.05) is 6.54 Å². The van der Waals surface area contributed by atoms with Crippen molar-refractivity contribution in [2.24, 2.45) is 0 Å². The maximum atomic E-state index is 11.2. The molecular weight excluding hydrogens is 178 g/mol. The van der Waals surface area contributed by atoms with Gasteiger partial charge in [0.1, 0.15) is 5.78 Å². The second-order valence-corrected chi connectivity index (χ2v) is 3.49. The van der Waals surface area contributed by atoms with Crippen molar-refractivity contribution < 1.29 is 9.59 Å². The molecule has 0 aliphatic rings. The van der Waals surface area contributed by atoms with E-state index in [4.69, 9.17) is 0 Å². The van der Waals surface area contributed by atoms with Crippen LogP contribution >= 0.6 is 0 Å². The molecule has 0 aliphatic heterocycles. The Morgan fingerprint density at radius 1 is 1.00 bits per heavy atom. The molecule has 0 aromatic rings. The zero-order valence-corrected chi connectivity index (χ0v) is 9.27. The Morgan fingerprint density at radius 2 is 1.71 bits per heavy atom. The summed E-state index contributed by atoms with van der Waals surface area (Å²) in [6, 6.07) is 0. The summed E-state index contributed by atoms with van der Waals surface area (Å²) in [5, 5.41) is 2.79. The minimum atomic E-state index is 0.00269. The molecule has 0 saturated heterocycles. The minimum absolute atomic E-state index is 0.00269. The van der Waals surface area contributed by atoms with Crippen LogP contribution in [0.4, 0.5) is 0 Å². The van der Waals surface area contributed by atoms with Gasteiger partial charge in [-0.3, -0.25) is 9.59 Å². The molecule has 3 heteroatoms. The molecule has 82 valence electrons. The molecule has 0 aromatic heterocycles. The number of amides is 1. The lowest BCUT2D eigenvalue weighted by Crippen LogP contribution is -2.24.